The van der Waals surface area contributed by atoms with Crippen molar-refractivity contribution in [2.75, 3.05) is 20.3 Å². The number of amides is 2. The van der Waals surface area contributed by atoms with Crippen molar-refractivity contribution in [1.82, 2.24) is 10.2 Å². The molecular formula is C24H31ClN2O4. The SMILES string of the molecule is CCCCNC(=O)[C@H](CC)N(Cc1cccc(OC)c1)C(=O)COc1ccc(Cl)cc1. The van der Waals surface area contributed by atoms with E-state index in [4.69, 9.17) is 21.1 Å². The Balaban J connectivity index is 2.18. The van der Waals surface area contributed by atoms with Gasteiger partial charge in [0.15, 0.2) is 6.61 Å². The summed E-state index contributed by atoms with van der Waals surface area (Å²) in [6.45, 7) is 4.66. The highest BCUT2D eigenvalue weighted by atomic mass is 35.5. The summed E-state index contributed by atoms with van der Waals surface area (Å²) in [6.07, 6.45) is 2.37. The van der Waals surface area contributed by atoms with Crippen molar-refractivity contribution in [2.45, 2.75) is 45.7 Å². The molecule has 0 aliphatic carbocycles. The molecule has 168 valence electrons. The number of rotatable bonds is 12. The van der Waals surface area contributed by atoms with Gasteiger partial charge in [0, 0.05) is 18.1 Å². The smallest absolute Gasteiger partial charge is 0.261 e. The summed E-state index contributed by atoms with van der Waals surface area (Å²) in [5, 5.41) is 3.54. The Labute approximate surface area is 189 Å². The fourth-order valence-electron chi connectivity index (χ4n) is 3.15. The summed E-state index contributed by atoms with van der Waals surface area (Å²) >= 11 is 5.90. The number of methoxy groups -OCH3 is 1. The van der Waals surface area contributed by atoms with Crippen LogP contribution in [-0.4, -0.2) is 43.0 Å². The number of unbranched alkanes of at least 4 members (excludes halogenated alkanes) is 1. The van der Waals surface area contributed by atoms with Gasteiger partial charge in [0.2, 0.25) is 5.91 Å². The van der Waals surface area contributed by atoms with E-state index in [9.17, 15) is 9.59 Å². The van der Waals surface area contributed by atoms with Gasteiger partial charge in [-0.3, -0.25) is 9.59 Å². The molecule has 2 aromatic carbocycles. The van der Waals surface area contributed by atoms with E-state index in [1.807, 2.05) is 31.2 Å². The molecule has 0 aliphatic heterocycles. The molecule has 0 unspecified atom stereocenters. The number of carbonyl (C=O) groups is 2. The number of nitrogens with zero attached hydrogens (tertiary/aromatic N) is 1. The van der Waals surface area contributed by atoms with Gasteiger partial charge in [-0.2, -0.15) is 0 Å². The van der Waals surface area contributed by atoms with E-state index in [0.29, 0.717) is 29.5 Å². The fraction of sp³-hybridized carbons (Fsp3) is 0.417. The number of carbonyl (C=O) groups excluding carboxylic acids is 2. The zero-order valence-electron chi connectivity index (χ0n) is 18.4. The molecule has 2 amide bonds. The Kier molecular flexibility index (Phi) is 10.2. The normalized spacial score (nSPS) is 11.5. The van der Waals surface area contributed by atoms with E-state index in [2.05, 4.69) is 12.2 Å². The van der Waals surface area contributed by atoms with Crippen LogP contribution in [0.3, 0.4) is 0 Å². The molecule has 0 spiro atoms. The Morgan fingerprint density at radius 3 is 2.48 bits per heavy atom. The van der Waals surface area contributed by atoms with Crippen LogP contribution in [-0.2, 0) is 16.1 Å². The van der Waals surface area contributed by atoms with Gasteiger partial charge >= 0.3 is 0 Å². The molecule has 6 nitrogen and oxygen atoms in total. The lowest BCUT2D eigenvalue weighted by atomic mass is 10.1. The van der Waals surface area contributed by atoms with Crippen LogP contribution >= 0.6 is 11.6 Å². The van der Waals surface area contributed by atoms with Crippen LogP contribution in [0.4, 0.5) is 0 Å². The summed E-state index contributed by atoms with van der Waals surface area (Å²) < 4.78 is 10.9. The fourth-order valence-corrected chi connectivity index (χ4v) is 3.28. The van der Waals surface area contributed by atoms with Gasteiger partial charge in [-0.1, -0.05) is 44.0 Å². The van der Waals surface area contributed by atoms with E-state index >= 15 is 0 Å². The quantitative estimate of drug-likeness (QED) is 0.489. The molecule has 1 atom stereocenters. The average Bonchev–Trinajstić information content (AvgIpc) is 2.78. The molecule has 7 heteroatoms. The third-order valence-corrected chi connectivity index (χ3v) is 5.13. The van der Waals surface area contributed by atoms with Crippen molar-refractivity contribution in [1.29, 1.82) is 0 Å². The number of halogens is 1. The summed E-state index contributed by atoms with van der Waals surface area (Å²) in [7, 11) is 1.60. The summed E-state index contributed by atoms with van der Waals surface area (Å²) in [6, 6.07) is 13.7. The molecule has 1 N–H and O–H groups in total. The monoisotopic (exact) mass is 446 g/mol. The third kappa shape index (κ3) is 7.79. The number of ether oxygens (including phenoxy) is 2. The van der Waals surface area contributed by atoms with Crippen LogP contribution < -0.4 is 14.8 Å². The minimum atomic E-state index is -0.593. The molecule has 31 heavy (non-hydrogen) atoms. The topological polar surface area (TPSA) is 67.9 Å². The lowest BCUT2D eigenvalue weighted by molar-refractivity contribution is -0.143. The van der Waals surface area contributed by atoms with Crippen molar-refractivity contribution >= 4 is 23.4 Å². The first kappa shape index (κ1) is 24.5. The van der Waals surface area contributed by atoms with Gasteiger partial charge in [0.25, 0.3) is 5.91 Å². The lowest BCUT2D eigenvalue weighted by Gasteiger charge is -2.30. The average molecular weight is 447 g/mol. The first-order chi connectivity index (χ1) is 15.0. The van der Waals surface area contributed by atoms with Crippen LogP contribution in [0.5, 0.6) is 11.5 Å². The maximum atomic E-state index is 13.1. The summed E-state index contributed by atoms with van der Waals surface area (Å²) in [4.78, 5) is 27.6. The third-order valence-electron chi connectivity index (χ3n) is 4.88. The van der Waals surface area contributed by atoms with Crippen molar-refractivity contribution in [2.24, 2.45) is 0 Å². The maximum absolute atomic E-state index is 13.1. The Hall–Kier alpha value is -2.73. The minimum Gasteiger partial charge on any atom is -0.497 e. The Morgan fingerprint density at radius 1 is 1.10 bits per heavy atom. The lowest BCUT2D eigenvalue weighted by Crippen LogP contribution is -2.50. The predicted molar refractivity (Wildman–Crippen MR) is 122 cm³/mol. The molecule has 2 rings (SSSR count). The van der Waals surface area contributed by atoms with E-state index in [1.54, 1.807) is 36.3 Å². The molecular weight excluding hydrogens is 416 g/mol. The Morgan fingerprint density at radius 2 is 1.84 bits per heavy atom. The standard InChI is InChI=1S/C24H31ClN2O4/c1-4-6-14-26-24(29)22(5-2)27(16-18-8-7-9-21(15-18)30-3)23(28)17-31-20-12-10-19(25)11-13-20/h7-13,15,22H,4-6,14,16-17H2,1-3H3,(H,26,29)/t22-/m0/s1. The highest BCUT2D eigenvalue weighted by Crippen LogP contribution is 2.19. The molecule has 0 saturated heterocycles. The first-order valence-corrected chi connectivity index (χ1v) is 10.9. The molecule has 0 radical (unpaired) electrons. The number of hydrogen-bond donors (Lipinski definition) is 1. The molecule has 0 aliphatic rings. The van der Waals surface area contributed by atoms with E-state index < -0.39 is 6.04 Å². The highest BCUT2D eigenvalue weighted by Gasteiger charge is 2.28. The zero-order valence-corrected chi connectivity index (χ0v) is 19.2. The molecule has 0 fully saturated rings. The number of nitrogens with one attached hydrogen (secondary N) is 1. The molecule has 2 aromatic rings. The molecule has 0 saturated carbocycles. The van der Waals surface area contributed by atoms with E-state index in [1.165, 1.54) is 0 Å². The minimum absolute atomic E-state index is 0.154. The second-order valence-corrected chi connectivity index (χ2v) is 7.62. The van der Waals surface area contributed by atoms with Crippen molar-refractivity contribution < 1.29 is 19.1 Å². The van der Waals surface area contributed by atoms with E-state index in [0.717, 1.165) is 18.4 Å². The van der Waals surface area contributed by atoms with E-state index in [-0.39, 0.29) is 25.0 Å². The summed E-state index contributed by atoms with van der Waals surface area (Å²) in [5.41, 5.74) is 0.874. The van der Waals surface area contributed by atoms with Crippen LogP contribution in [0.2, 0.25) is 5.02 Å². The summed E-state index contributed by atoms with van der Waals surface area (Å²) in [5.74, 6) is 0.816. The van der Waals surface area contributed by atoms with Gasteiger partial charge in [0.05, 0.1) is 7.11 Å². The molecule has 0 heterocycles. The van der Waals surface area contributed by atoms with Gasteiger partial charge in [-0.15, -0.1) is 0 Å². The second kappa shape index (κ2) is 12.8. The van der Waals surface area contributed by atoms with Gasteiger partial charge in [0.1, 0.15) is 17.5 Å². The van der Waals surface area contributed by atoms with Crippen LogP contribution in [0.1, 0.15) is 38.7 Å². The van der Waals surface area contributed by atoms with Crippen LogP contribution in [0.25, 0.3) is 0 Å². The highest BCUT2D eigenvalue weighted by molar-refractivity contribution is 6.30. The maximum Gasteiger partial charge on any atom is 0.261 e. The largest absolute Gasteiger partial charge is 0.497 e. The number of benzene rings is 2. The van der Waals surface area contributed by atoms with Gasteiger partial charge in [-0.25, -0.2) is 0 Å². The van der Waals surface area contributed by atoms with Crippen LogP contribution in [0, 0.1) is 0 Å². The number of hydrogen-bond acceptors (Lipinski definition) is 4. The predicted octanol–water partition coefficient (Wildman–Crippen LogP) is 4.45. The second-order valence-electron chi connectivity index (χ2n) is 7.18. The Bertz CT molecular complexity index is 842. The zero-order chi connectivity index (χ0) is 22.6. The first-order valence-electron chi connectivity index (χ1n) is 10.6. The van der Waals surface area contributed by atoms with Crippen molar-refractivity contribution in [3.63, 3.8) is 0 Å². The van der Waals surface area contributed by atoms with Crippen molar-refractivity contribution in [3.8, 4) is 11.5 Å². The molecule has 0 bridgehead atoms. The van der Waals surface area contributed by atoms with Gasteiger partial charge < -0.3 is 19.7 Å². The van der Waals surface area contributed by atoms with Crippen LogP contribution in [0.15, 0.2) is 48.5 Å². The van der Waals surface area contributed by atoms with Crippen molar-refractivity contribution in [3.05, 3.63) is 59.1 Å². The molecule has 0 aromatic heterocycles. The van der Waals surface area contributed by atoms with Gasteiger partial charge in [-0.05, 0) is 54.8 Å².